The van der Waals surface area contributed by atoms with E-state index in [2.05, 4.69) is 20.4 Å². The number of carbonyl (C=O) groups is 1. The van der Waals surface area contributed by atoms with Gasteiger partial charge in [-0.1, -0.05) is 12.1 Å². The number of halogens is 5. The number of benzene rings is 1. The van der Waals surface area contributed by atoms with Crippen molar-refractivity contribution < 1.29 is 26.7 Å². The van der Waals surface area contributed by atoms with Gasteiger partial charge in [0, 0.05) is 42.8 Å². The number of carbonyl (C=O) groups excluding carboxylic acids is 1. The fourth-order valence-electron chi connectivity index (χ4n) is 3.67. The Kier molecular flexibility index (Phi) is 6.57. The molecule has 3 heterocycles. The maximum Gasteiger partial charge on any atom is 0.416 e. The molecule has 0 aliphatic carbocycles. The molecule has 1 amide bonds. The quantitative estimate of drug-likeness (QED) is 0.313. The van der Waals surface area contributed by atoms with Crippen molar-refractivity contribution in [2.24, 2.45) is 0 Å². The van der Waals surface area contributed by atoms with Crippen LogP contribution >= 0.6 is 0 Å². The number of pyridine rings is 2. The maximum absolute atomic E-state index is 14.2. The van der Waals surface area contributed by atoms with Crippen LogP contribution in [0, 0.1) is 0 Å². The lowest BCUT2D eigenvalue weighted by atomic mass is 9.95. The van der Waals surface area contributed by atoms with E-state index in [0.29, 0.717) is 24.2 Å². The van der Waals surface area contributed by atoms with E-state index in [1.807, 2.05) is 0 Å². The van der Waals surface area contributed by atoms with Crippen molar-refractivity contribution in [2.75, 3.05) is 5.32 Å². The Bertz CT molecular complexity index is 1380. The van der Waals surface area contributed by atoms with Crippen LogP contribution in [-0.4, -0.2) is 25.7 Å². The molecule has 4 rings (SSSR count). The van der Waals surface area contributed by atoms with Gasteiger partial charge in [-0.2, -0.15) is 18.3 Å². The zero-order chi connectivity index (χ0) is 26.1. The third-order valence-electron chi connectivity index (χ3n) is 5.52. The van der Waals surface area contributed by atoms with Crippen molar-refractivity contribution in [1.29, 1.82) is 0 Å². The number of anilines is 1. The summed E-state index contributed by atoms with van der Waals surface area (Å²) in [7, 11) is 0. The predicted octanol–water partition coefficient (Wildman–Crippen LogP) is 6.33. The highest BCUT2D eigenvalue weighted by Crippen LogP contribution is 2.39. The van der Waals surface area contributed by atoms with Crippen LogP contribution in [0.1, 0.15) is 46.9 Å². The molecular weight excluding hydrogens is 481 g/mol. The summed E-state index contributed by atoms with van der Waals surface area (Å²) in [5.41, 5.74) is -0.123. The van der Waals surface area contributed by atoms with Gasteiger partial charge >= 0.3 is 6.18 Å². The highest BCUT2D eigenvalue weighted by molar-refractivity contribution is 6.04. The Labute approximate surface area is 202 Å². The van der Waals surface area contributed by atoms with Gasteiger partial charge in [-0.15, -0.1) is 0 Å². The van der Waals surface area contributed by atoms with E-state index in [0.717, 1.165) is 12.1 Å². The molecular formula is C25H20F5N5O. The Morgan fingerprint density at radius 3 is 2.47 bits per heavy atom. The summed E-state index contributed by atoms with van der Waals surface area (Å²) in [6.45, 7) is 2.07. The van der Waals surface area contributed by atoms with Gasteiger partial charge < -0.3 is 5.32 Å². The molecule has 0 radical (unpaired) electrons. The highest BCUT2D eigenvalue weighted by Gasteiger charge is 2.36. The molecule has 0 aliphatic rings. The first kappa shape index (κ1) is 25.0. The van der Waals surface area contributed by atoms with Crippen molar-refractivity contribution in [1.82, 2.24) is 19.7 Å². The van der Waals surface area contributed by atoms with E-state index < -0.39 is 35.2 Å². The van der Waals surface area contributed by atoms with Crippen LogP contribution < -0.4 is 5.32 Å². The number of rotatable bonds is 6. The van der Waals surface area contributed by atoms with E-state index in [-0.39, 0.29) is 16.8 Å². The van der Waals surface area contributed by atoms with Gasteiger partial charge in [0.05, 0.1) is 34.7 Å². The van der Waals surface area contributed by atoms with E-state index >= 15 is 0 Å². The number of hydrogen-bond donors (Lipinski definition) is 1. The van der Waals surface area contributed by atoms with Crippen molar-refractivity contribution in [3.05, 3.63) is 95.7 Å². The molecule has 1 N–H and O–H groups in total. The molecule has 6 nitrogen and oxygen atoms in total. The normalized spacial score (nSPS) is 12.9. The third-order valence-corrected chi connectivity index (χ3v) is 5.52. The van der Waals surface area contributed by atoms with Gasteiger partial charge in [-0.25, -0.2) is 8.78 Å². The molecule has 1 unspecified atom stereocenters. The van der Waals surface area contributed by atoms with Crippen LogP contribution in [0.25, 0.3) is 11.3 Å². The summed E-state index contributed by atoms with van der Waals surface area (Å²) in [5, 5.41) is 6.77. The first-order valence-electron chi connectivity index (χ1n) is 10.7. The number of nitrogens with zero attached hydrogens (tertiary/aromatic N) is 4. The van der Waals surface area contributed by atoms with Gasteiger partial charge in [0.2, 0.25) is 0 Å². The maximum atomic E-state index is 14.2. The Morgan fingerprint density at radius 2 is 1.81 bits per heavy atom. The molecule has 11 heteroatoms. The first-order valence-corrected chi connectivity index (χ1v) is 10.7. The number of alkyl halides is 5. The Hall–Kier alpha value is -4.15. The van der Waals surface area contributed by atoms with E-state index in [1.165, 1.54) is 30.2 Å². The van der Waals surface area contributed by atoms with Gasteiger partial charge in [0.15, 0.2) is 0 Å². The number of nitrogens with one attached hydrogen (secondary N) is 1. The molecule has 0 fully saturated rings. The smallest absolute Gasteiger partial charge is 0.319 e. The Morgan fingerprint density at radius 1 is 1.03 bits per heavy atom. The van der Waals surface area contributed by atoms with Crippen LogP contribution in [0.5, 0.6) is 0 Å². The molecule has 0 saturated heterocycles. The minimum Gasteiger partial charge on any atom is -0.319 e. The molecule has 0 bridgehead atoms. The third kappa shape index (κ3) is 5.40. The fraction of sp³-hybridized carbons (Fsp3) is 0.200. The fourth-order valence-corrected chi connectivity index (χ4v) is 3.67. The zero-order valence-electron chi connectivity index (χ0n) is 19.1. The summed E-state index contributed by atoms with van der Waals surface area (Å²) in [5.74, 6) is -4.00. The van der Waals surface area contributed by atoms with Crippen LogP contribution in [0.4, 0.5) is 27.6 Å². The van der Waals surface area contributed by atoms with Crippen LogP contribution in [0.15, 0.2) is 73.4 Å². The minimum absolute atomic E-state index is 0.0243. The Balaban J connectivity index is 1.56. The van der Waals surface area contributed by atoms with Gasteiger partial charge in [-0.3, -0.25) is 19.4 Å². The first-order chi connectivity index (χ1) is 16.9. The van der Waals surface area contributed by atoms with Crippen molar-refractivity contribution in [3.63, 3.8) is 0 Å². The molecule has 186 valence electrons. The van der Waals surface area contributed by atoms with Crippen molar-refractivity contribution in [3.8, 4) is 11.3 Å². The molecule has 1 aromatic carbocycles. The zero-order valence-corrected chi connectivity index (χ0v) is 19.1. The molecule has 4 aromatic rings. The lowest BCUT2D eigenvalue weighted by Gasteiger charge is -2.22. The predicted molar refractivity (Wildman–Crippen MR) is 122 cm³/mol. The van der Waals surface area contributed by atoms with E-state index in [4.69, 9.17) is 0 Å². The SMILES string of the molecule is CC(c1ccc(C(F)(F)F)cc1C(C)(F)F)n1cc(NC(=O)c2cncc(-c3ccccn3)c2)cn1. The lowest BCUT2D eigenvalue weighted by Crippen LogP contribution is -2.18. The largest absolute Gasteiger partial charge is 0.416 e. The van der Waals surface area contributed by atoms with E-state index in [9.17, 15) is 26.7 Å². The van der Waals surface area contributed by atoms with Crippen LogP contribution in [-0.2, 0) is 12.1 Å². The lowest BCUT2D eigenvalue weighted by molar-refractivity contribution is -0.137. The van der Waals surface area contributed by atoms with Crippen LogP contribution in [0.3, 0.4) is 0 Å². The molecule has 3 aromatic heterocycles. The summed E-state index contributed by atoms with van der Waals surface area (Å²) < 4.78 is 69.0. The molecule has 0 saturated carbocycles. The second kappa shape index (κ2) is 9.48. The standard InChI is InChI=1S/C25H20F5N5O/c1-15(20-7-6-18(25(28,29)30)10-21(20)24(2,26)27)35-14-19(13-33-35)34-23(36)17-9-16(11-31-12-17)22-5-3-4-8-32-22/h3-15H,1-2H3,(H,34,36). The van der Waals surface area contributed by atoms with Crippen molar-refractivity contribution >= 4 is 11.6 Å². The number of hydrogen-bond acceptors (Lipinski definition) is 4. The average molecular weight is 501 g/mol. The second-order valence-corrected chi connectivity index (χ2v) is 8.20. The minimum atomic E-state index is -4.76. The summed E-state index contributed by atoms with van der Waals surface area (Å²) in [4.78, 5) is 21.1. The topological polar surface area (TPSA) is 72.7 Å². The van der Waals surface area contributed by atoms with Gasteiger partial charge in [0.1, 0.15) is 0 Å². The highest BCUT2D eigenvalue weighted by atomic mass is 19.4. The molecule has 0 spiro atoms. The molecule has 1 atom stereocenters. The van der Waals surface area contributed by atoms with Gasteiger partial charge in [0.25, 0.3) is 11.8 Å². The number of amides is 1. The monoisotopic (exact) mass is 501 g/mol. The van der Waals surface area contributed by atoms with Gasteiger partial charge in [-0.05, 0) is 42.8 Å². The molecule has 0 aliphatic heterocycles. The van der Waals surface area contributed by atoms with Crippen LogP contribution in [0.2, 0.25) is 0 Å². The summed E-state index contributed by atoms with van der Waals surface area (Å²) in [6, 6.07) is 8.37. The summed E-state index contributed by atoms with van der Waals surface area (Å²) in [6.07, 6.45) is 2.55. The summed E-state index contributed by atoms with van der Waals surface area (Å²) >= 11 is 0. The van der Waals surface area contributed by atoms with E-state index in [1.54, 1.807) is 36.7 Å². The van der Waals surface area contributed by atoms with Crippen molar-refractivity contribution in [2.45, 2.75) is 32.0 Å². The average Bonchev–Trinajstić information content (AvgIpc) is 3.31. The second-order valence-electron chi connectivity index (χ2n) is 8.20. The number of aromatic nitrogens is 4. The molecule has 36 heavy (non-hydrogen) atoms.